The molecule has 3 heteroatoms. The number of carbonyl (C=O) groups excluding carboxylic acids is 1. The Morgan fingerprint density at radius 3 is 2.29 bits per heavy atom. The van der Waals surface area contributed by atoms with Gasteiger partial charge in [0.15, 0.2) is 0 Å². The van der Waals surface area contributed by atoms with Crippen LogP contribution < -0.4 is 5.73 Å². The summed E-state index contributed by atoms with van der Waals surface area (Å²) in [5.74, 6) is 0.723. The van der Waals surface area contributed by atoms with E-state index in [9.17, 15) is 4.79 Å². The topological polar surface area (TPSA) is 52.3 Å². The molecule has 0 radical (unpaired) electrons. The van der Waals surface area contributed by atoms with Crippen molar-refractivity contribution in [3.63, 3.8) is 0 Å². The summed E-state index contributed by atoms with van der Waals surface area (Å²) < 4.78 is 5.05. The molecule has 0 saturated carbocycles. The SMILES string of the molecule is CC(C)CCOC(=O)CC(N)C(C)C. The van der Waals surface area contributed by atoms with Gasteiger partial charge >= 0.3 is 5.97 Å². The van der Waals surface area contributed by atoms with Crippen LogP contribution >= 0.6 is 0 Å². The molecule has 14 heavy (non-hydrogen) atoms. The van der Waals surface area contributed by atoms with Crippen LogP contribution in [0.4, 0.5) is 0 Å². The maximum atomic E-state index is 11.2. The minimum Gasteiger partial charge on any atom is -0.466 e. The number of rotatable bonds is 6. The molecule has 1 unspecified atom stereocenters. The second-order valence-electron chi connectivity index (χ2n) is 4.51. The Labute approximate surface area is 87.0 Å². The average Bonchev–Trinajstić information content (AvgIpc) is 2.02. The molecule has 0 rings (SSSR count). The minimum absolute atomic E-state index is 0.0819. The zero-order valence-corrected chi connectivity index (χ0v) is 9.75. The van der Waals surface area contributed by atoms with E-state index in [1.807, 2.05) is 13.8 Å². The summed E-state index contributed by atoms with van der Waals surface area (Å²) >= 11 is 0. The highest BCUT2D eigenvalue weighted by molar-refractivity contribution is 5.70. The van der Waals surface area contributed by atoms with Gasteiger partial charge in [-0.1, -0.05) is 27.7 Å². The fourth-order valence-corrected chi connectivity index (χ4v) is 0.896. The quantitative estimate of drug-likeness (QED) is 0.668. The molecule has 0 fully saturated rings. The van der Waals surface area contributed by atoms with Crippen LogP contribution in [0.1, 0.15) is 40.5 Å². The maximum Gasteiger partial charge on any atom is 0.307 e. The predicted molar refractivity (Wildman–Crippen MR) is 57.8 cm³/mol. The number of esters is 1. The molecule has 0 aromatic carbocycles. The van der Waals surface area contributed by atoms with E-state index in [1.54, 1.807) is 0 Å². The summed E-state index contributed by atoms with van der Waals surface area (Å²) in [5, 5.41) is 0. The van der Waals surface area contributed by atoms with E-state index in [4.69, 9.17) is 10.5 Å². The van der Waals surface area contributed by atoms with E-state index >= 15 is 0 Å². The molecule has 0 aliphatic heterocycles. The number of hydrogen-bond donors (Lipinski definition) is 1. The van der Waals surface area contributed by atoms with Gasteiger partial charge in [-0.3, -0.25) is 4.79 Å². The van der Waals surface area contributed by atoms with Gasteiger partial charge in [-0.25, -0.2) is 0 Å². The van der Waals surface area contributed by atoms with E-state index < -0.39 is 0 Å². The third-order valence-corrected chi connectivity index (χ3v) is 2.22. The lowest BCUT2D eigenvalue weighted by molar-refractivity contribution is -0.144. The lowest BCUT2D eigenvalue weighted by Gasteiger charge is -2.14. The maximum absolute atomic E-state index is 11.2. The van der Waals surface area contributed by atoms with E-state index in [0.717, 1.165) is 6.42 Å². The van der Waals surface area contributed by atoms with Crippen LogP contribution in [-0.4, -0.2) is 18.6 Å². The lowest BCUT2D eigenvalue weighted by atomic mass is 10.0. The highest BCUT2D eigenvalue weighted by atomic mass is 16.5. The monoisotopic (exact) mass is 201 g/mol. The van der Waals surface area contributed by atoms with Gasteiger partial charge in [0.05, 0.1) is 13.0 Å². The minimum atomic E-state index is -0.174. The van der Waals surface area contributed by atoms with Crippen molar-refractivity contribution in [3.8, 4) is 0 Å². The van der Waals surface area contributed by atoms with E-state index in [2.05, 4.69) is 13.8 Å². The number of carbonyl (C=O) groups is 1. The molecule has 0 aliphatic rings. The summed E-state index contributed by atoms with van der Waals surface area (Å²) in [4.78, 5) is 11.2. The standard InChI is InChI=1S/C11H23NO2/c1-8(2)5-6-14-11(13)7-10(12)9(3)4/h8-10H,5-7,12H2,1-4H3. The summed E-state index contributed by atoms with van der Waals surface area (Å²) in [6.07, 6.45) is 1.25. The smallest absolute Gasteiger partial charge is 0.307 e. The van der Waals surface area contributed by atoms with Gasteiger partial charge in [-0.05, 0) is 18.3 Å². The molecule has 0 heterocycles. The first kappa shape index (κ1) is 13.4. The normalized spacial score (nSPS) is 13.4. The van der Waals surface area contributed by atoms with Crippen LogP contribution in [0, 0.1) is 11.8 Å². The predicted octanol–water partition coefficient (Wildman–Crippen LogP) is 1.95. The van der Waals surface area contributed by atoms with Crippen LogP contribution in [0.15, 0.2) is 0 Å². The Morgan fingerprint density at radius 1 is 1.29 bits per heavy atom. The van der Waals surface area contributed by atoms with Gasteiger partial charge in [-0.2, -0.15) is 0 Å². The van der Waals surface area contributed by atoms with Gasteiger partial charge in [0.2, 0.25) is 0 Å². The number of hydrogen-bond acceptors (Lipinski definition) is 3. The summed E-state index contributed by atoms with van der Waals surface area (Å²) in [5.41, 5.74) is 5.75. The third-order valence-electron chi connectivity index (χ3n) is 2.22. The highest BCUT2D eigenvalue weighted by Crippen LogP contribution is 2.05. The first-order valence-corrected chi connectivity index (χ1v) is 5.34. The average molecular weight is 201 g/mol. The Kier molecular flexibility index (Phi) is 6.54. The second-order valence-corrected chi connectivity index (χ2v) is 4.51. The van der Waals surface area contributed by atoms with Gasteiger partial charge < -0.3 is 10.5 Å². The molecule has 0 amide bonds. The summed E-state index contributed by atoms with van der Waals surface area (Å²) in [6.45, 7) is 8.74. The number of nitrogens with two attached hydrogens (primary N) is 1. The summed E-state index contributed by atoms with van der Waals surface area (Å²) in [6, 6.07) is -0.0819. The van der Waals surface area contributed by atoms with Crippen molar-refractivity contribution >= 4 is 5.97 Å². The summed E-state index contributed by atoms with van der Waals surface area (Å²) in [7, 11) is 0. The molecule has 0 aromatic rings. The lowest BCUT2D eigenvalue weighted by Crippen LogP contribution is -2.30. The number of ether oxygens (including phenoxy) is 1. The van der Waals surface area contributed by atoms with Gasteiger partial charge in [0.25, 0.3) is 0 Å². The van der Waals surface area contributed by atoms with Crippen molar-refractivity contribution in [2.75, 3.05) is 6.61 Å². The molecular formula is C11H23NO2. The third kappa shape index (κ3) is 6.89. The molecule has 2 N–H and O–H groups in total. The first-order chi connectivity index (χ1) is 6.43. The fraction of sp³-hybridized carbons (Fsp3) is 0.909. The van der Waals surface area contributed by atoms with E-state index in [1.165, 1.54) is 0 Å². The van der Waals surface area contributed by atoms with Crippen molar-refractivity contribution in [1.29, 1.82) is 0 Å². The zero-order valence-electron chi connectivity index (χ0n) is 9.75. The van der Waals surface area contributed by atoms with Gasteiger partial charge in [0, 0.05) is 6.04 Å². The van der Waals surface area contributed by atoms with Crippen molar-refractivity contribution in [2.45, 2.75) is 46.6 Å². The van der Waals surface area contributed by atoms with Crippen LogP contribution in [0.2, 0.25) is 0 Å². The molecular weight excluding hydrogens is 178 g/mol. The van der Waals surface area contributed by atoms with E-state index in [-0.39, 0.29) is 12.0 Å². The first-order valence-electron chi connectivity index (χ1n) is 5.34. The van der Waals surface area contributed by atoms with Gasteiger partial charge in [0.1, 0.15) is 0 Å². The Morgan fingerprint density at radius 2 is 1.86 bits per heavy atom. The van der Waals surface area contributed by atoms with E-state index in [0.29, 0.717) is 24.9 Å². The van der Waals surface area contributed by atoms with Crippen molar-refractivity contribution in [2.24, 2.45) is 17.6 Å². The Bertz CT molecular complexity index is 167. The highest BCUT2D eigenvalue weighted by Gasteiger charge is 2.13. The van der Waals surface area contributed by atoms with Crippen LogP contribution in [0.3, 0.4) is 0 Å². The molecule has 0 bridgehead atoms. The van der Waals surface area contributed by atoms with Gasteiger partial charge in [-0.15, -0.1) is 0 Å². The molecule has 84 valence electrons. The zero-order chi connectivity index (χ0) is 11.1. The van der Waals surface area contributed by atoms with Crippen molar-refractivity contribution < 1.29 is 9.53 Å². The fourth-order valence-electron chi connectivity index (χ4n) is 0.896. The van der Waals surface area contributed by atoms with Crippen molar-refractivity contribution in [3.05, 3.63) is 0 Å². The van der Waals surface area contributed by atoms with Crippen LogP contribution in [0.25, 0.3) is 0 Å². The van der Waals surface area contributed by atoms with Crippen molar-refractivity contribution in [1.82, 2.24) is 0 Å². The largest absolute Gasteiger partial charge is 0.466 e. The molecule has 1 atom stereocenters. The molecule has 0 saturated heterocycles. The molecule has 0 spiro atoms. The Hall–Kier alpha value is -0.570. The second kappa shape index (κ2) is 6.82. The Balaban J connectivity index is 3.55. The molecule has 0 aliphatic carbocycles. The molecule has 0 aromatic heterocycles. The molecule has 3 nitrogen and oxygen atoms in total. The van der Waals surface area contributed by atoms with Crippen LogP contribution in [0.5, 0.6) is 0 Å². The van der Waals surface area contributed by atoms with Crippen LogP contribution in [-0.2, 0) is 9.53 Å².